The van der Waals surface area contributed by atoms with Crippen LogP contribution in [-0.2, 0) is 20.9 Å². The number of nitrogens with one attached hydrogen (secondary N) is 2. The molecule has 5 heteroatoms. The van der Waals surface area contributed by atoms with E-state index < -0.39 is 0 Å². The van der Waals surface area contributed by atoms with Gasteiger partial charge >= 0.3 is 5.97 Å². The van der Waals surface area contributed by atoms with Gasteiger partial charge < -0.3 is 15.4 Å². The van der Waals surface area contributed by atoms with Crippen molar-refractivity contribution in [2.45, 2.75) is 26.3 Å². The molecular weight excluding hydrogens is 244 g/mol. The van der Waals surface area contributed by atoms with Crippen LogP contribution in [0.1, 0.15) is 25.3 Å². The molecule has 1 amide bonds. The lowest BCUT2D eigenvalue weighted by atomic mass is 10.2. The topological polar surface area (TPSA) is 67.4 Å². The molecule has 0 bridgehead atoms. The van der Waals surface area contributed by atoms with Crippen LogP contribution in [0.5, 0.6) is 0 Å². The number of amides is 1. The van der Waals surface area contributed by atoms with Crippen LogP contribution in [0, 0.1) is 0 Å². The van der Waals surface area contributed by atoms with Crippen molar-refractivity contribution in [1.82, 2.24) is 5.32 Å². The lowest BCUT2D eigenvalue weighted by molar-refractivity contribution is -0.140. The smallest absolute Gasteiger partial charge is 0.305 e. The van der Waals surface area contributed by atoms with Gasteiger partial charge in [0, 0.05) is 25.6 Å². The number of anilines is 1. The van der Waals surface area contributed by atoms with Crippen LogP contribution in [0.4, 0.5) is 5.69 Å². The monoisotopic (exact) mass is 264 g/mol. The van der Waals surface area contributed by atoms with E-state index >= 15 is 0 Å². The van der Waals surface area contributed by atoms with Crippen molar-refractivity contribution in [3.05, 3.63) is 29.8 Å². The average molecular weight is 264 g/mol. The Morgan fingerprint density at radius 2 is 1.89 bits per heavy atom. The van der Waals surface area contributed by atoms with Gasteiger partial charge in [-0.1, -0.05) is 12.1 Å². The largest absolute Gasteiger partial charge is 0.469 e. The summed E-state index contributed by atoms with van der Waals surface area (Å²) < 4.78 is 4.56. The second kappa shape index (κ2) is 8.26. The molecule has 0 radical (unpaired) electrons. The number of carbonyl (C=O) groups excluding carboxylic acids is 2. The molecule has 0 aromatic heterocycles. The Bertz CT molecular complexity index is 415. The lowest BCUT2D eigenvalue weighted by Gasteiger charge is -2.06. The molecular formula is C14H20N2O3. The molecule has 19 heavy (non-hydrogen) atoms. The van der Waals surface area contributed by atoms with Crippen LogP contribution in [0.25, 0.3) is 0 Å². The maximum absolute atomic E-state index is 10.9. The number of rotatable bonds is 7. The van der Waals surface area contributed by atoms with Crippen molar-refractivity contribution in [2.75, 3.05) is 19.0 Å². The molecule has 5 nitrogen and oxygen atoms in total. The van der Waals surface area contributed by atoms with Crippen molar-refractivity contribution in [3.63, 3.8) is 0 Å². The first-order valence-corrected chi connectivity index (χ1v) is 6.26. The third-order valence-electron chi connectivity index (χ3n) is 2.57. The number of benzene rings is 1. The SMILES string of the molecule is COC(=O)CCCNCc1ccc(NC(C)=O)cc1. The Kier molecular flexibility index (Phi) is 6.60. The van der Waals surface area contributed by atoms with Gasteiger partial charge in [-0.2, -0.15) is 0 Å². The Morgan fingerprint density at radius 1 is 1.21 bits per heavy atom. The molecule has 0 aliphatic rings. The first-order chi connectivity index (χ1) is 9.11. The second-order valence-corrected chi connectivity index (χ2v) is 4.23. The Hall–Kier alpha value is -1.88. The fourth-order valence-electron chi connectivity index (χ4n) is 1.60. The fraction of sp³-hybridized carbons (Fsp3) is 0.429. The molecule has 1 aromatic rings. The van der Waals surface area contributed by atoms with Gasteiger partial charge in [0.15, 0.2) is 0 Å². The molecule has 0 fully saturated rings. The predicted molar refractivity (Wildman–Crippen MR) is 73.7 cm³/mol. The lowest BCUT2D eigenvalue weighted by Crippen LogP contribution is -2.16. The van der Waals surface area contributed by atoms with Gasteiger partial charge in [-0.15, -0.1) is 0 Å². The van der Waals surface area contributed by atoms with Crippen molar-refractivity contribution in [1.29, 1.82) is 0 Å². The van der Waals surface area contributed by atoms with Crippen LogP contribution >= 0.6 is 0 Å². The van der Waals surface area contributed by atoms with Crippen LogP contribution in [-0.4, -0.2) is 25.5 Å². The van der Waals surface area contributed by atoms with Gasteiger partial charge in [0.1, 0.15) is 0 Å². The van der Waals surface area contributed by atoms with Crippen molar-refractivity contribution in [3.8, 4) is 0 Å². The first kappa shape index (κ1) is 15.2. The molecule has 0 aliphatic heterocycles. The Balaban J connectivity index is 2.22. The second-order valence-electron chi connectivity index (χ2n) is 4.23. The summed E-state index contributed by atoms with van der Waals surface area (Å²) in [7, 11) is 1.40. The van der Waals surface area contributed by atoms with Gasteiger partial charge in [0.05, 0.1) is 7.11 Å². The highest BCUT2D eigenvalue weighted by Gasteiger charge is 1.99. The molecule has 1 aromatic carbocycles. The summed E-state index contributed by atoms with van der Waals surface area (Å²) in [4.78, 5) is 21.7. The predicted octanol–water partition coefficient (Wildman–Crippen LogP) is 1.69. The van der Waals surface area contributed by atoms with Gasteiger partial charge in [-0.25, -0.2) is 0 Å². The van der Waals surface area contributed by atoms with E-state index in [1.807, 2.05) is 24.3 Å². The summed E-state index contributed by atoms with van der Waals surface area (Å²) in [5.74, 6) is -0.254. The minimum atomic E-state index is -0.179. The van der Waals surface area contributed by atoms with Crippen molar-refractivity contribution < 1.29 is 14.3 Å². The van der Waals surface area contributed by atoms with Gasteiger partial charge in [0.2, 0.25) is 5.91 Å². The maximum Gasteiger partial charge on any atom is 0.305 e. The average Bonchev–Trinajstić information content (AvgIpc) is 2.39. The normalized spacial score (nSPS) is 10.0. The molecule has 0 saturated heterocycles. The van der Waals surface area contributed by atoms with E-state index in [4.69, 9.17) is 0 Å². The highest BCUT2D eigenvalue weighted by Crippen LogP contribution is 2.09. The summed E-state index contributed by atoms with van der Waals surface area (Å²) >= 11 is 0. The van der Waals surface area contributed by atoms with E-state index in [9.17, 15) is 9.59 Å². The summed E-state index contributed by atoms with van der Waals surface area (Å²) in [6, 6.07) is 7.65. The summed E-state index contributed by atoms with van der Waals surface area (Å²) in [5, 5.41) is 5.96. The quantitative estimate of drug-likeness (QED) is 0.581. The first-order valence-electron chi connectivity index (χ1n) is 6.26. The van der Waals surface area contributed by atoms with E-state index in [1.165, 1.54) is 14.0 Å². The molecule has 104 valence electrons. The molecule has 0 unspecified atom stereocenters. The molecule has 0 saturated carbocycles. The zero-order valence-electron chi connectivity index (χ0n) is 11.4. The highest BCUT2D eigenvalue weighted by molar-refractivity contribution is 5.88. The van der Waals surface area contributed by atoms with Crippen LogP contribution in [0.3, 0.4) is 0 Å². The molecule has 1 rings (SSSR count). The third kappa shape index (κ3) is 6.57. The van der Waals surface area contributed by atoms with E-state index in [1.54, 1.807) is 0 Å². The minimum Gasteiger partial charge on any atom is -0.469 e. The van der Waals surface area contributed by atoms with Crippen LogP contribution in [0.2, 0.25) is 0 Å². The van der Waals surface area contributed by atoms with E-state index in [0.717, 1.165) is 30.8 Å². The van der Waals surface area contributed by atoms with Gasteiger partial charge in [0.25, 0.3) is 0 Å². The zero-order valence-corrected chi connectivity index (χ0v) is 11.4. The summed E-state index contributed by atoms with van der Waals surface area (Å²) in [6.07, 6.45) is 1.20. The van der Waals surface area contributed by atoms with E-state index in [-0.39, 0.29) is 11.9 Å². The van der Waals surface area contributed by atoms with Crippen LogP contribution in [0.15, 0.2) is 24.3 Å². The Labute approximate surface area is 113 Å². The number of esters is 1. The van der Waals surface area contributed by atoms with E-state index in [2.05, 4.69) is 15.4 Å². The standard InChI is InChI=1S/C14H20N2O3/c1-11(17)16-13-7-5-12(6-8-13)10-15-9-3-4-14(18)19-2/h5-8,15H,3-4,9-10H2,1-2H3,(H,16,17). The molecule has 0 atom stereocenters. The number of methoxy groups -OCH3 is 1. The summed E-state index contributed by atoms with van der Waals surface area (Å²) in [5.41, 5.74) is 1.93. The third-order valence-corrected chi connectivity index (χ3v) is 2.57. The molecule has 2 N–H and O–H groups in total. The molecule has 0 aliphatic carbocycles. The fourth-order valence-corrected chi connectivity index (χ4v) is 1.60. The van der Waals surface area contributed by atoms with Gasteiger partial charge in [-0.05, 0) is 30.7 Å². The Morgan fingerprint density at radius 3 is 2.47 bits per heavy atom. The summed E-state index contributed by atoms with van der Waals surface area (Å²) in [6.45, 7) is 2.99. The van der Waals surface area contributed by atoms with Crippen LogP contribution < -0.4 is 10.6 Å². The molecule has 0 heterocycles. The van der Waals surface area contributed by atoms with Crippen molar-refractivity contribution in [2.24, 2.45) is 0 Å². The van der Waals surface area contributed by atoms with Gasteiger partial charge in [-0.3, -0.25) is 9.59 Å². The highest BCUT2D eigenvalue weighted by atomic mass is 16.5. The maximum atomic E-state index is 10.9. The number of ether oxygens (including phenoxy) is 1. The number of hydrogen-bond donors (Lipinski definition) is 2. The van der Waals surface area contributed by atoms with Crippen molar-refractivity contribution >= 4 is 17.6 Å². The number of hydrogen-bond acceptors (Lipinski definition) is 4. The van der Waals surface area contributed by atoms with E-state index in [0.29, 0.717) is 6.42 Å². The minimum absolute atomic E-state index is 0.0753. The number of carbonyl (C=O) groups is 2. The molecule has 0 spiro atoms. The zero-order chi connectivity index (χ0) is 14.1.